The van der Waals surface area contributed by atoms with Gasteiger partial charge in [-0.25, -0.2) is 0 Å². The number of hydrogen-bond donors (Lipinski definition) is 3. The third-order valence-corrected chi connectivity index (χ3v) is 13.1. The van der Waals surface area contributed by atoms with Gasteiger partial charge < -0.3 is 24.7 Å². The second-order valence-corrected chi connectivity index (χ2v) is 17.5. The van der Waals surface area contributed by atoms with Crippen molar-refractivity contribution in [3.05, 3.63) is 40.2 Å². The lowest BCUT2D eigenvalue weighted by atomic mass is 10.0. The molecule has 1 aliphatic heterocycles. The molecule has 0 aliphatic carbocycles. The molecule has 0 radical (unpaired) electrons. The van der Waals surface area contributed by atoms with Gasteiger partial charge >= 0.3 is 0 Å². The van der Waals surface area contributed by atoms with Crippen LogP contribution in [0.25, 0.3) is 10.9 Å². The van der Waals surface area contributed by atoms with E-state index in [0.29, 0.717) is 12.1 Å². The van der Waals surface area contributed by atoms with Crippen LogP contribution in [0.5, 0.6) is 5.75 Å². The van der Waals surface area contributed by atoms with Gasteiger partial charge in [0.05, 0.1) is 11.6 Å². The first-order chi connectivity index (χ1) is 18.1. The number of nitrogens with zero attached hydrogens (tertiary/aromatic N) is 1. The Balaban J connectivity index is 1.46. The predicted molar refractivity (Wildman–Crippen MR) is 163 cm³/mol. The van der Waals surface area contributed by atoms with E-state index in [1.165, 1.54) is 89.9 Å². The minimum atomic E-state index is -2.05. The van der Waals surface area contributed by atoms with Gasteiger partial charge in [-0.1, -0.05) is 65.4 Å². The fourth-order valence-corrected chi connectivity index (χ4v) is 6.45. The summed E-state index contributed by atoms with van der Waals surface area (Å²) in [4.78, 5) is 17.4. The topological polar surface area (TPSA) is 77.6 Å². The maximum absolute atomic E-state index is 11.9. The van der Waals surface area contributed by atoms with Gasteiger partial charge in [-0.3, -0.25) is 4.79 Å². The molecule has 38 heavy (non-hydrogen) atoms. The van der Waals surface area contributed by atoms with Crippen molar-refractivity contribution in [2.75, 3.05) is 32.7 Å². The standard InChI is InChI=1S/C31H53N3O3Si/c1-31(2,3)38(4,5)37-28(25-16-18-27(35)30-26(25)17-19-29(36)33-30)24-32-20-12-9-7-6-8-10-13-21-34-22-14-11-15-23-34/h16-19,28,32,35H,6-15,20-24H2,1-5H3,(H,33,36). The highest BCUT2D eigenvalue weighted by molar-refractivity contribution is 6.74. The van der Waals surface area contributed by atoms with E-state index >= 15 is 0 Å². The summed E-state index contributed by atoms with van der Waals surface area (Å²) < 4.78 is 6.89. The van der Waals surface area contributed by atoms with E-state index in [-0.39, 0.29) is 22.5 Å². The first-order valence-electron chi connectivity index (χ1n) is 15.0. The zero-order valence-corrected chi connectivity index (χ0v) is 25.7. The minimum Gasteiger partial charge on any atom is -0.506 e. The van der Waals surface area contributed by atoms with Crippen LogP contribution in [0.1, 0.15) is 96.6 Å². The maximum Gasteiger partial charge on any atom is 0.248 e. The van der Waals surface area contributed by atoms with Gasteiger partial charge in [-0.15, -0.1) is 0 Å². The molecule has 2 aromatic rings. The van der Waals surface area contributed by atoms with E-state index in [1.807, 2.05) is 6.07 Å². The number of rotatable bonds is 15. The molecule has 6 nitrogen and oxygen atoms in total. The van der Waals surface area contributed by atoms with E-state index in [1.54, 1.807) is 12.1 Å². The Hall–Kier alpha value is -1.67. The van der Waals surface area contributed by atoms with E-state index in [2.05, 4.69) is 49.1 Å². The Morgan fingerprint density at radius 1 is 0.974 bits per heavy atom. The Kier molecular flexibility index (Phi) is 11.9. The van der Waals surface area contributed by atoms with Crippen LogP contribution in [0, 0.1) is 0 Å². The SMILES string of the molecule is CC(C)(C)[Si](C)(C)OC(CNCCCCCCCCCN1CCCCC1)c1ccc(O)c2[nH]c(=O)ccc12. The van der Waals surface area contributed by atoms with E-state index in [9.17, 15) is 9.90 Å². The molecule has 7 heteroatoms. The molecule has 1 aliphatic rings. The van der Waals surface area contributed by atoms with Gasteiger partial charge in [-0.05, 0) is 87.7 Å². The normalized spacial score (nSPS) is 16.2. The number of aromatic amines is 1. The van der Waals surface area contributed by atoms with Gasteiger partial charge in [0.15, 0.2) is 8.32 Å². The molecule has 1 atom stereocenters. The van der Waals surface area contributed by atoms with Gasteiger partial charge in [-0.2, -0.15) is 0 Å². The fraction of sp³-hybridized carbons (Fsp3) is 0.710. The third kappa shape index (κ3) is 9.21. The molecule has 1 aromatic carbocycles. The van der Waals surface area contributed by atoms with Crippen molar-refractivity contribution >= 4 is 19.2 Å². The second-order valence-electron chi connectivity index (χ2n) is 12.7. The lowest BCUT2D eigenvalue weighted by Crippen LogP contribution is -2.43. The first-order valence-corrected chi connectivity index (χ1v) is 17.9. The van der Waals surface area contributed by atoms with Crippen molar-refractivity contribution in [2.24, 2.45) is 0 Å². The number of unbranched alkanes of at least 4 members (excludes halogenated alkanes) is 6. The number of likely N-dealkylation sites (tertiary alicyclic amines) is 1. The van der Waals surface area contributed by atoms with Crippen LogP contribution in [-0.2, 0) is 4.43 Å². The molecular weight excluding hydrogens is 490 g/mol. The number of benzene rings is 1. The number of piperidine rings is 1. The van der Waals surface area contributed by atoms with Crippen LogP contribution in [0.15, 0.2) is 29.1 Å². The summed E-state index contributed by atoms with van der Waals surface area (Å²) in [5.41, 5.74) is 1.28. The molecule has 3 N–H and O–H groups in total. The Morgan fingerprint density at radius 3 is 2.32 bits per heavy atom. The van der Waals surface area contributed by atoms with Crippen molar-refractivity contribution in [3.63, 3.8) is 0 Å². The van der Waals surface area contributed by atoms with Gasteiger partial charge in [0.2, 0.25) is 5.56 Å². The highest BCUT2D eigenvalue weighted by Gasteiger charge is 2.39. The zero-order chi connectivity index (χ0) is 27.6. The lowest BCUT2D eigenvalue weighted by molar-refractivity contribution is 0.181. The number of nitrogens with one attached hydrogen (secondary N) is 2. The average molecular weight is 544 g/mol. The molecule has 1 fully saturated rings. The van der Waals surface area contributed by atoms with Crippen LogP contribution >= 0.6 is 0 Å². The molecule has 1 unspecified atom stereocenters. The molecular formula is C31H53N3O3Si. The number of H-pyrrole nitrogens is 1. The maximum atomic E-state index is 11.9. The van der Waals surface area contributed by atoms with Crippen LogP contribution < -0.4 is 10.9 Å². The molecule has 214 valence electrons. The van der Waals surface area contributed by atoms with Crippen molar-refractivity contribution in [2.45, 2.75) is 109 Å². The number of phenols is 1. The summed E-state index contributed by atoms with van der Waals surface area (Å²) in [5.74, 6) is 0.0898. The molecule has 1 aromatic heterocycles. The lowest BCUT2D eigenvalue weighted by Gasteiger charge is -2.39. The molecule has 0 bridgehead atoms. The molecule has 2 heterocycles. The summed E-state index contributed by atoms with van der Waals surface area (Å²) in [6, 6.07) is 6.94. The Labute approximate surface area is 231 Å². The van der Waals surface area contributed by atoms with E-state index in [4.69, 9.17) is 4.43 Å². The quantitative estimate of drug-likeness (QED) is 0.165. The zero-order valence-electron chi connectivity index (χ0n) is 24.7. The van der Waals surface area contributed by atoms with Crippen LogP contribution in [0.4, 0.5) is 0 Å². The molecule has 1 saturated heterocycles. The molecule has 0 amide bonds. The predicted octanol–water partition coefficient (Wildman–Crippen LogP) is 7.10. The Bertz CT molecular complexity index is 1040. The fourth-order valence-electron chi connectivity index (χ4n) is 5.17. The highest BCUT2D eigenvalue weighted by atomic mass is 28.4. The number of phenolic OH excluding ortho intramolecular Hbond substituents is 1. The van der Waals surface area contributed by atoms with Crippen LogP contribution in [0.3, 0.4) is 0 Å². The van der Waals surface area contributed by atoms with Crippen molar-refractivity contribution in [1.82, 2.24) is 15.2 Å². The van der Waals surface area contributed by atoms with Crippen LogP contribution in [-0.4, -0.2) is 56.0 Å². The largest absolute Gasteiger partial charge is 0.506 e. The van der Waals surface area contributed by atoms with Crippen molar-refractivity contribution in [3.8, 4) is 5.75 Å². The van der Waals surface area contributed by atoms with Gasteiger partial charge in [0.25, 0.3) is 0 Å². The number of aromatic nitrogens is 1. The van der Waals surface area contributed by atoms with Gasteiger partial charge in [0.1, 0.15) is 5.75 Å². The molecule has 0 spiro atoms. The monoisotopic (exact) mass is 543 g/mol. The number of aromatic hydroxyl groups is 1. The summed E-state index contributed by atoms with van der Waals surface area (Å²) in [6.45, 7) is 16.9. The first kappa shape index (κ1) is 30.9. The second kappa shape index (κ2) is 14.6. The molecule has 0 saturated carbocycles. The smallest absolute Gasteiger partial charge is 0.248 e. The van der Waals surface area contributed by atoms with Crippen molar-refractivity contribution in [1.29, 1.82) is 0 Å². The van der Waals surface area contributed by atoms with E-state index in [0.717, 1.165) is 17.5 Å². The number of pyridine rings is 1. The van der Waals surface area contributed by atoms with Gasteiger partial charge in [0, 0.05) is 18.0 Å². The minimum absolute atomic E-state index is 0.0834. The third-order valence-electron chi connectivity index (χ3n) is 8.60. The Morgan fingerprint density at radius 2 is 1.63 bits per heavy atom. The van der Waals surface area contributed by atoms with Crippen molar-refractivity contribution < 1.29 is 9.53 Å². The summed E-state index contributed by atoms with van der Waals surface area (Å²) >= 11 is 0. The summed E-state index contributed by atoms with van der Waals surface area (Å²) in [6.07, 6.45) is 13.2. The summed E-state index contributed by atoms with van der Waals surface area (Å²) in [5, 5.41) is 14.9. The number of hydrogen-bond acceptors (Lipinski definition) is 5. The highest BCUT2D eigenvalue weighted by Crippen LogP contribution is 2.41. The molecule has 3 rings (SSSR count). The summed E-state index contributed by atoms with van der Waals surface area (Å²) in [7, 11) is -2.05. The van der Waals surface area contributed by atoms with E-state index < -0.39 is 8.32 Å². The van der Waals surface area contributed by atoms with Crippen LogP contribution in [0.2, 0.25) is 18.1 Å². The average Bonchev–Trinajstić information content (AvgIpc) is 2.87. The number of fused-ring (bicyclic) bond motifs is 1.